The molecule has 0 amide bonds. The molecule has 1 fully saturated rings. The molecule has 1 aliphatic heterocycles. The van der Waals surface area contributed by atoms with Crippen molar-refractivity contribution in [1.82, 2.24) is 10.2 Å². The van der Waals surface area contributed by atoms with Gasteiger partial charge in [-0.05, 0) is 31.4 Å². The summed E-state index contributed by atoms with van der Waals surface area (Å²) >= 11 is 5.89. The molecule has 1 aromatic heterocycles. The van der Waals surface area contributed by atoms with E-state index in [9.17, 15) is 0 Å². The molecule has 1 N–H and O–H groups in total. The lowest BCUT2D eigenvalue weighted by Gasteiger charge is -2.12. The summed E-state index contributed by atoms with van der Waals surface area (Å²) < 4.78 is 5.32. The van der Waals surface area contributed by atoms with Gasteiger partial charge in [0.1, 0.15) is 0 Å². The maximum atomic E-state index is 5.89. The van der Waals surface area contributed by atoms with Crippen LogP contribution in [0.15, 0.2) is 0 Å². The highest BCUT2D eigenvalue weighted by Crippen LogP contribution is 2.21. The highest BCUT2D eigenvalue weighted by atomic mass is 35.5. The smallest absolute Gasteiger partial charge is 0.155 e. The second kappa shape index (κ2) is 4.97. The number of anilines is 1. The number of nitrogens with zero attached hydrogens (tertiary/aromatic N) is 2. The van der Waals surface area contributed by atoms with Crippen molar-refractivity contribution in [2.45, 2.75) is 20.3 Å². The quantitative estimate of drug-likeness (QED) is 0.881. The molecule has 0 aliphatic carbocycles. The molecule has 0 aromatic carbocycles. The Morgan fingerprint density at radius 1 is 1.38 bits per heavy atom. The molecule has 1 atom stereocenters. The van der Waals surface area contributed by atoms with Crippen molar-refractivity contribution in [2.24, 2.45) is 5.92 Å². The van der Waals surface area contributed by atoms with Crippen LogP contribution in [0.25, 0.3) is 0 Å². The number of hydrogen-bond donors (Lipinski definition) is 1. The van der Waals surface area contributed by atoms with Gasteiger partial charge in [-0.25, -0.2) is 0 Å². The molecule has 1 unspecified atom stereocenters. The third kappa shape index (κ3) is 2.44. The van der Waals surface area contributed by atoms with Gasteiger partial charge in [-0.2, -0.15) is 0 Å². The zero-order valence-corrected chi connectivity index (χ0v) is 10.3. The van der Waals surface area contributed by atoms with Crippen LogP contribution >= 0.6 is 11.6 Å². The average molecular weight is 242 g/mol. The van der Waals surface area contributed by atoms with Gasteiger partial charge >= 0.3 is 0 Å². The number of hydrogen-bond acceptors (Lipinski definition) is 4. The summed E-state index contributed by atoms with van der Waals surface area (Å²) in [6, 6.07) is 0. The molecule has 0 radical (unpaired) electrons. The number of ether oxygens (including phenoxy) is 1. The van der Waals surface area contributed by atoms with Crippen molar-refractivity contribution in [3.8, 4) is 0 Å². The molecule has 1 aromatic rings. The van der Waals surface area contributed by atoms with Crippen LogP contribution in [0.5, 0.6) is 0 Å². The Kier molecular flexibility index (Phi) is 3.61. The van der Waals surface area contributed by atoms with Crippen molar-refractivity contribution >= 4 is 17.4 Å². The monoisotopic (exact) mass is 241 g/mol. The van der Waals surface area contributed by atoms with E-state index in [1.54, 1.807) is 0 Å². The predicted molar refractivity (Wildman–Crippen MR) is 63.9 cm³/mol. The first-order valence-corrected chi connectivity index (χ1v) is 5.87. The first-order valence-electron chi connectivity index (χ1n) is 5.49. The van der Waals surface area contributed by atoms with Crippen LogP contribution in [-0.2, 0) is 4.74 Å². The molecular weight excluding hydrogens is 226 g/mol. The van der Waals surface area contributed by atoms with E-state index in [1.165, 1.54) is 0 Å². The summed E-state index contributed by atoms with van der Waals surface area (Å²) in [6.45, 7) is 6.55. The SMILES string of the molecule is Cc1c(Cl)nnc(NCC2CCOC2)c1C. The van der Waals surface area contributed by atoms with Crippen LogP contribution in [0.1, 0.15) is 17.5 Å². The molecule has 0 saturated carbocycles. The maximum absolute atomic E-state index is 5.89. The Bertz CT molecular complexity index is 378. The maximum Gasteiger partial charge on any atom is 0.155 e. The molecule has 0 spiro atoms. The van der Waals surface area contributed by atoms with Gasteiger partial charge in [-0.1, -0.05) is 11.6 Å². The van der Waals surface area contributed by atoms with Gasteiger partial charge in [-0.15, -0.1) is 10.2 Å². The molecule has 88 valence electrons. The van der Waals surface area contributed by atoms with Crippen molar-refractivity contribution in [1.29, 1.82) is 0 Å². The lowest BCUT2D eigenvalue weighted by molar-refractivity contribution is 0.187. The topological polar surface area (TPSA) is 47.0 Å². The normalized spacial score (nSPS) is 20.1. The molecule has 16 heavy (non-hydrogen) atoms. The van der Waals surface area contributed by atoms with Gasteiger partial charge in [0.15, 0.2) is 11.0 Å². The van der Waals surface area contributed by atoms with E-state index in [0.717, 1.165) is 43.1 Å². The zero-order valence-electron chi connectivity index (χ0n) is 9.59. The number of halogens is 1. The van der Waals surface area contributed by atoms with E-state index < -0.39 is 0 Å². The lowest BCUT2D eigenvalue weighted by Crippen LogP contribution is -2.16. The van der Waals surface area contributed by atoms with Crippen molar-refractivity contribution in [3.05, 3.63) is 16.3 Å². The summed E-state index contributed by atoms with van der Waals surface area (Å²) in [5.74, 6) is 1.41. The number of nitrogens with one attached hydrogen (secondary N) is 1. The highest BCUT2D eigenvalue weighted by molar-refractivity contribution is 6.30. The summed E-state index contributed by atoms with van der Waals surface area (Å²) in [7, 11) is 0. The minimum atomic E-state index is 0.479. The first-order chi connectivity index (χ1) is 7.68. The third-order valence-corrected chi connectivity index (χ3v) is 3.41. The van der Waals surface area contributed by atoms with Gasteiger partial charge in [0.25, 0.3) is 0 Å². The molecular formula is C11H16ClN3O. The lowest BCUT2D eigenvalue weighted by atomic mass is 10.1. The third-order valence-electron chi connectivity index (χ3n) is 3.05. The average Bonchev–Trinajstić information content (AvgIpc) is 2.78. The molecule has 2 rings (SSSR count). The van der Waals surface area contributed by atoms with E-state index in [4.69, 9.17) is 16.3 Å². The minimum absolute atomic E-state index is 0.479. The van der Waals surface area contributed by atoms with Crippen molar-refractivity contribution in [3.63, 3.8) is 0 Å². The fourth-order valence-electron chi connectivity index (χ4n) is 1.73. The number of aromatic nitrogens is 2. The van der Waals surface area contributed by atoms with Gasteiger partial charge in [0.05, 0.1) is 6.61 Å². The standard InChI is InChI=1S/C11H16ClN3O/c1-7-8(2)11(15-14-10(7)12)13-5-9-3-4-16-6-9/h9H,3-6H2,1-2H3,(H,13,15). The fraction of sp³-hybridized carbons (Fsp3) is 0.636. The van der Waals surface area contributed by atoms with Crippen molar-refractivity contribution in [2.75, 3.05) is 25.1 Å². The van der Waals surface area contributed by atoms with Crippen LogP contribution in [0.2, 0.25) is 5.15 Å². The van der Waals surface area contributed by atoms with Gasteiger partial charge in [-0.3, -0.25) is 0 Å². The molecule has 4 nitrogen and oxygen atoms in total. The van der Waals surface area contributed by atoms with Crippen LogP contribution < -0.4 is 5.32 Å². The Morgan fingerprint density at radius 3 is 2.88 bits per heavy atom. The largest absolute Gasteiger partial charge is 0.381 e. The Labute approximate surface area is 100 Å². The second-order valence-corrected chi connectivity index (χ2v) is 4.56. The van der Waals surface area contributed by atoms with Gasteiger partial charge in [0, 0.05) is 19.1 Å². The fourth-order valence-corrected chi connectivity index (χ4v) is 1.91. The van der Waals surface area contributed by atoms with Crippen molar-refractivity contribution < 1.29 is 4.74 Å². The number of rotatable bonds is 3. The zero-order chi connectivity index (χ0) is 11.5. The summed E-state index contributed by atoms with van der Waals surface area (Å²) in [5, 5.41) is 11.8. The van der Waals surface area contributed by atoms with E-state index in [2.05, 4.69) is 15.5 Å². The van der Waals surface area contributed by atoms with E-state index in [0.29, 0.717) is 11.1 Å². The van der Waals surface area contributed by atoms with Crippen LogP contribution in [0.3, 0.4) is 0 Å². The van der Waals surface area contributed by atoms with E-state index in [-0.39, 0.29) is 0 Å². The summed E-state index contributed by atoms with van der Waals surface area (Å²) in [5.41, 5.74) is 2.06. The summed E-state index contributed by atoms with van der Waals surface area (Å²) in [6.07, 6.45) is 1.12. The Balaban J connectivity index is 2.01. The molecule has 1 saturated heterocycles. The Morgan fingerprint density at radius 2 is 2.19 bits per heavy atom. The van der Waals surface area contributed by atoms with Gasteiger partial charge in [0.2, 0.25) is 0 Å². The molecule has 2 heterocycles. The van der Waals surface area contributed by atoms with E-state index >= 15 is 0 Å². The van der Waals surface area contributed by atoms with E-state index in [1.807, 2.05) is 13.8 Å². The molecule has 0 bridgehead atoms. The highest BCUT2D eigenvalue weighted by Gasteiger charge is 2.16. The second-order valence-electron chi connectivity index (χ2n) is 4.20. The molecule has 5 heteroatoms. The summed E-state index contributed by atoms with van der Waals surface area (Å²) in [4.78, 5) is 0. The minimum Gasteiger partial charge on any atom is -0.381 e. The first kappa shape index (κ1) is 11.6. The van der Waals surface area contributed by atoms with Crippen LogP contribution in [-0.4, -0.2) is 30.0 Å². The Hall–Kier alpha value is -0.870. The molecule has 1 aliphatic rings. The predicted octanol–water partition coefficient (Wildman–Crippen LogP) is 2.20. The van der Waals surface area contributed by atoms with Crippen LogP contribution in [0.4, 0.5) is 5.82 Å². The van der Waals surface area contributed by atoms with Gasteiger partial charge < -0.3 is 10.1 Å². The van der Waals surface area contributed by atoms with Crippen LogP contribution in [0, 0.1) is 19.8 Å².